The maximum atomic E-state index is 13.0. The SMILES string of the molecule is COC(=N)c1cc(Nc2cc(C)nc(Cc3ccc(NC(=O)Nc4ccc(Cl)c(C(F)(F)F)c4)nc3)n2)n[nH]1. The third-order valence-corrected chi connectivity index (χ3v) is 5.47. The van der Waals surface area contributed by atoms with Crippen LogP contribution in [0.5, 0.6) is 0 Å². The summed E-state index contributed by atoms with van der Waals surface area (Å²) >= 11 is 5.60. The van der Waals surface area contributed by atoms with Gasteiger partial charge in [0.1, 0.15) is 23.2 Å². The monoisotopic (exact) mass is 559 g/mol. The van der Waals surface area contributed by atoms with Gasteiger partial charge in [-0.2, -0.15) is 18.3 Å². The van der Waals surface area contributed by atoms with Gasteiger partial charge in [-0.3, -0.25) is 15.8 Å². The minimum Gasteiger partial charge on any atom is -0.480 e. The molecule has 39 heavy (non-hydrogen) atoms. The number of rotatable bonds is 7. The zero-order chi connectivity index (χ0) is 28.2. The molecule has 0 bridgehead atoms. The van der Waals surface area contributed by atoms with E-state index in [-0.39, 0.29) is 17.4 Å². The van der Waals surface area contributed by atoms with Crippen molar-refractivity contribution in [3.8, 4) is 0 Å². The molecule has 1 aromatic carbocycles. The largest absolute Gasteiger partial charge is 0.480 e. The molecule has 0 saturated heterocycles. The van der Waals surface area contributed by atoms with Crippen LogP contribution in [0.3, 0.4) is 0 Å². The van der Waals surface area contributed by atoms with E-state index in [1.807, 2.05) is 6.92 Å². The molecule has 3 aromatic heterocycles. The predicted molar refractivity (Wildman–Crippen MR) is 139 cm³/mol. The van der Waals surface area contributed by atoms with E-state index in [0.29, 0.717) is 35.3 Å². The van der Waals surface area contributed by atoms with Gasteiger partial charge in [0, 0.05) is 36.1 Å². The first-order chi connectivity index (χ1) is 18.5. The molecule has 11 nitrogen and oxygen atoms in total. The number of aryl methyl sites for hydroxylation is 1. The highest BCUT2D eigenvalue weighted by atomic mass is 35.5. The Balaban J connectivity index is 1.38. The first-order valence-electron chi connectivity index (χ1n) is 11.2. The minimum absolute atomic E-state index is 0.0569. The molecule has 0 aliphatic heterocycles. The average Bonchev–Trinajstić information content (AvgIpc) is 3.33. The number of carbonyl (C=O) groups excluding carboxylic acids is 1. The molecule has 0 saturated carbocycles. The lowest BCUT2D eigenvalue weighted by molar-refractivity contribution is -0.137. The maximum absolute atomic E-state index is 13.0. The molecule has 4 rings (SSSR count). The molecule has 0 atom stereocenters. The lowest BCUT2D eigenvalue weighted by Gasteiger charge is -2.12. The molecule has 0 aliphatic carbocycles. The zero-order valence-corrected chi connectivity index (χ0v) is 21.2. The van der Waals surface area contributed by atoms with Crippen molar-refractivity contribution in [2.24, 2.45) is 0 Å². The van der Waals surface area contributed by atoms with Crippen LogP contribution in [-0.4, -0.2) is 44.2 Å². The lowest BCUT2D eigenvalue weighted by atomic mass is 10.2. The summed E-state index contributed by atoms with van der Waals surface area (Å²) in [5.41, 5.74) is 0.729. The number of nitrogens with zero attached hydrogens (tertiary/aromatic N) is 4. The second kappa shape index (κ2) is 11.3. The summed E-state index contributed by atoms with van der Waals surface area (Å²) < 4.78 is 44.0. The molecule has 0 radical (unpaired) electrons. The Hall–Kier alpha value is -4.72. The molecule has 202 valence electrons. The first kappa shape index (κ1) is 27.3. The number of hydrogen-bond donors (Lipinski definition) is 5. The number of anilines is 4. The Bertz CT molecular complexity index is 1510. The summed E-state index contributed by atoms with van der Waals surface area (Å²) in [6.07, 6.45) is -2.80. The second-order valence-electron chi connectivity index (χ2n) is 8.14. The number of alkyl halides is 3. The van der Waals surface area contributed by atoms with E-state index in [9.17, 15) is 18.0 Å². The molecule has 2 amide bonds. The Morgan fingerprint density at radius 2 is 1.87 bits per heavy atom. The van der Waals surface area contributed by atoms with E-state index in [0.717, 1.165) is 17.7 Å². The van der Waals surface area contributed by atoms with Gasteiger partial charge in [0.05, 0.1) is 17.7 Å². The van der Waals surface area contributed by atoms with Gasteiger partial charge >= 0.3 is 12.2 Å². The smallest absolute Gasteiger partial charge is 0.417 e. The highest BCUT2D eigenvalue weighted by Crippen LogP contribution is 2.36. The molecule has 0 fully saturated rings. The van der Waals surface area contributed by atoms with E-state index < -0.39 is 22.8 Å². The summed E-state index contributed by atoms with van der Waals surface area (Å²) in [6, 6.07) is 8.89. The number of pyridine rings is 1. The molecule has 5 N–H and O–H groups in total. The molecule has 3 heterocycles. The van der Waals surface area contributed by atoms with Crippen LogP contribution in [-0.2, 0) is 17.3 Å². The van der Waals surface area contributed by atoms with Crippen LogP contribution < -0.4 is 16.0 Å². The van der Waals surface area contributed by atoms with E-state index >= 15 is 0 Å². The van der Waals surface area contributed by atoms with Gasteiger partial charge in [-0.05, 0) is 36.8 Å². The van der Waals surface area contributed by atoms with Crippen LogP contribution in [0.15, 0.2) is 48.7 Å². The van der Waals surface area contributed by atoms with Crippen LogP contribution in [0.2, 0.25) is 5.02 Å². The average molecular weight is 560 g/mol. The van der Waals surface area contributed by atoms with Gasteiger partial charge in [-0.15, -0.1) is 0 Å². The third kappa shape index (κ3) is 7.19. The van der Waals surface area contributed by atoms with Gasteiger partial charge in [-0.1, -0.05) is 17.7 Å². The lowest BCUT2D eigenvalue weighted by Crippen LogP contribution is -2.20. The van der Waals surface area contributed by atoms with Crippen LogP contribution in [0.4, 0.5) is 41.1 Å². The van der Waals surface area contributed by atoms with E-state index in [4.69, 9.17) is 21.7 Å². The fourth-order valence-corrected chi connectivity index (χ4v) is 3.63. The molecule has 0 unspecified atom stereocenters. The number of methoxy groups -OCH3 is 1. The summed E-state index contributed by atoms with van der Waals surface area (Å²) in [5, 5.41) is 21.8. The molecular weight excluding hydrogens is 539 g/mol. The van der Waals surface area contributed by atoms with Crippen molar-refractivity contribution in [1.82, 2.24) is 25.1 Å². The number of amides is 2. The van der Waals surface area contributed by atoms with Gasteiger partial charge < -0.3 is 15.4 Å². The van der Waals surface area contributed by atoms with Gasteiger partial charge in [0.15, 0.2) is 5.82 Å². The minimum atomic E-state index is -4.65. The van der Waals surface area contributed by atoms with Crippen molar-refractivity contribution in [3.63, 3.8) is 0 Å². The number of aromatic amines is 1. The Morgan fingerprint density at radius 3 is 2.56 bits per heavy atom. The second-order valence-corrected chi connectivity index (χ2v) is 8.54. The fourth-order valence-electron chi connectivity index (χ4n) is 3.40. The number of urea groups is 1. The van der Waals surface area contributed by atoms with Crippen molar-refractivity contribution < 1.29 is 22.7 Å². The van der Waals surface area contributed by atoms with Crippen molar-refractivity contribution in [2.75, 3.05) is 23.1 Å². The normalized spacial score (nSPS) is 11.1. The maximum Gasteiger partial charge on any atom is 0.417 e. The molecule has 4 aromatic rings. The third-order valence-electron chi connectivity index (χ3n) is 5.14. The van der Waals surface area contributed by atoms with Crippen LogP contribution in [0.1, 0.15) is 28.3 Å². The Labute approximate surface area is 224 Å². The molecule has 15 heteroatoms. The number of hydrogen-bond acceptors (Lipinski definition) is 8. The number of halogens is 4. The predicted octanol–water partition coefficient (Wildman–Crippen LogP) is 5.53. The number of H-pyrrole nitrogens is 1. The number of ether oxygens (including phenoxy) is 1. The summed E-state index contributed by atoms with van der Waals surface area (Å²) in [7, 11) is 1.39. The number of aromatic nitrogens is 5. The summed E-state index contributed by atoms with van der Waals surface area (Å²) in [4.78, 5) is 25.4. The van der Waals surface area contributed by atoms with Gasteiger partial charge in [0.2, 0.25) is 5.90 Å². The van der Waals surface area contributed by atoms with Gasteiger partial charge in [0.25, 0.3) is 0 Å². The fraction of sp³-hybridized carbons (Fsp3) is 0.167. The van der Waals surface area contributed by atoms with Gasteiger partial charge in [-0.25, -0.2) is 19.7 Å². The standard InChI is InChI=1S/C24H21ClF3N9O2/c1-12-7-19(34-21-10-17(36-37-21)22(29)39-2)33-20(31-12)8-13-3-6-18(30-11-13)35-23(38)32-14-4-5-16(25)15(9-14)24(26,27)28/h3-7,9-11,29H,8H2,1-2H3,(H2,30,32,35,38)(H2,31,33,34,36,37). The summed E-state index contributed by atoms with van der Waals surface area (Å²) in [5.74, 6) is 1.57. The van der Waals surface area contributed by atoms with Crippen molar-refractivity contribution in [2.45, 2.75) is 19.5 Å². The molecule has 0 spiro atoms. The van der Waals surface area contributed by atoms with Crippen molar-refractivity contribution in [3.05, 3.63) is 82.0 Å². The van der Waals surface area contributed by atoms with E-state index in [1.54, 1.807) is 24.3 Å². The molecular formula is C24H21ClF3N9O2. The molecule has 0 aliphatic rings. The Morgan fingerprint density at radius 1 is 1.08 bits per heavy atom. The highest BCUT2D eigenvalue weighted by Gasteiger charge is 2.33. The highest BCUT2D eigenvalue weighted by molar-refractivity contribution is 6.31. The van der Waals surface area contributed by atoms with E-state index in [1.165, 1.54) is 19.4 Å². The van der Waals surface area contributed by atoms with Crippen LogP contribution in [0, 0.1) is 12.3 Å². The van der Waals surface area contributed by atoms with E-state index in [2.05, 4.69) is 41.1 Å². The van der Waals surface area contributed by atoms with Crippen molar-refractivity contribution >= 4 is 46.7 Å². The van der Waals surface area contributed by atoms with Crippen LogP contribution >= 0.6 is 11.6 Å². The number of benzene rings is 1. The first-order valence-corrected chi connectivity index (χ1v) is 11.6. The quantitative estimate of drug-likeness (QED) is 0.147. The van der Waals surface area contributed by atoms with Crippen molar-refractivity contribution in [1.29, 1.82) is 5.41 Å². The zero-order valence-electron chi connectivity index (χ0n) is 20.4. The summed E-state index contributed by atoms with van der Waals surface area (Å²) in [6.45, 7) is 1.81. The Kier molecular flexibility index (Phi) is 7.95. The van der Waals surface area contributed by atoms with Crippen LogP contribution in [0.25, 0.3) is 0 Å². The number of carbonyl (C=O) groups is 1. The number of nitrogens with one attached hydrogen (secondary N) is 5. The topological polar surface area (TPSA) is 154 Å².